The van der Waals surface area contributed by atoms with Gasteiger partial charge >= 0.3 is 0 Å². The Bertz CT molecular complexity index is 814. The van der Waals surface area contributed by atoms with Gasteiger partial charge in [0.15, 0.2) is 0 Å². The number of aryl methyl sites for hydroxylation is 1. The van der Waals surface area contributed by atoms with Crippen molar-refractivity contribution in [2.45, 2.75) is 29.6 Å². The lowest BCUT2D eigenvalue weighted by Crippen LogP contribution is -2.28. The second-order valence-electron chi connectivity index (χ2n) is 6.19. The predicted octanol–water partition coefficient (Wildman–Crippen LogP) is 5.83. The largest absolute Gasteiger partial charge is 0.484 e. The number of hydrogen-bond donors (Lipinski definition) is 0. The van der Waals surface area contributed by atoms with Gasteiger partial charge in [-0.05, 0) is 42.2 Å². The van der Waals surface area contributed by atoms with Crippen molar-refractivity contribution in [3.8, 4) is 5.75 Å². The summed E-state index contributed by atoms with van der Waals surface area (Å²) in [5, 5.41) is 0.365. The summed E-state index contributed by atoms with van der Waals surface area (Å²) in [5.41, 5.74) is 3.78. The van der Waals surface area contributed by atoms with Gasteiger partial charge in [0.05, 0.1) is 5.25 Å². The Hall–Kier alpha value is -2.19. The van der Waals surface area contributed by atoms with Gasteiger partial charge in [-0.25, -0.2) is 0 Å². The SMILES string of the molecule is Cc1cccc2c1O[C@@H](c1ccccc1)[C@H](Sc1ccccc1)C2. The van der Waals surface area contributed by atoms with Crippen molar-refractivity contribution >= 4 is 11.8 Å². The van der Waals surface area contributed by atoms with Gasteiger partial charge in [0.25, 0.3) is 0 Å². The number of thioether (sulfide) groups is 1. The third kappa shape index (κ3) is 3.07. The molecule has 0 unspecified atom stereocenters. The second kappa shape index (κ2) is 6.74. The summed E-state index contributed by atoms with van der Waals surface area (Å²) in [6, 6.07) is 27.7. The zero-order chi connectivity index (χ0) is 16.4. The predicted molar refractivity (Wildman–Crippen MR) is 101 cm³/mol. The van der Waals surface area contributed by atoms with Crippen molar-refractivity contribution in [3.63, 3.8) is 0 Å². The van der Waals surface area contributed by atoms with Gasteiger partial charge in [-0.3, -0.25) is 0 Å². The van der Waals surface area contributed by atoms with Crippen molar-refractivity contribution in [1.29, 1.82) is 0 Å². The topological polar surface area (TPSA) is 9.23 Å². The van der Waals surface area contributed by atoms with Crippen LogP contribution in [0.3, 0.4) is 0 Å². The molecule has 0 aliphatic carbocycles. The van der Waals surface area contributed by atoms with Crippen LogP contribution in [0.5, 0.6) is 5.75 Å². The highest BCUT2D eigenvalue weighted by atomic mass is 32.2. The van der Waals surface area contributed by atoms with E-state index in [0.29, 0.717) is 5.25 Å². The van der Waals surface area contributed by atoms with Crippen molar-refractivity contribution in [2.75, 3.05) is 0 Å². The highest BCUT2D eigenvalue weighted by Crippen LogP contribution is 2.43. The Labute approximate surface area is 147 Å². The zero-order valence-electron chi connectivity index (χ0n) is 13.7. The fourth-order valence-corrected chi connectivity index (χ4v) is 4.54. The van der Waals surface area contributed by atoms with Crippen LogP contribution < -0.4 is 4.74 Å². The zero-order valence-corrected chi connectivity index (χ0v) is 14.5. The van der Waals surface area contributed by atoms with Crippen LogP contribution in [0.15, 0.2) is 83.8 Å². The lowest BCUT2D eigenvalue weighted by Gasteiger charge is -2.34. The first-order valence-corrected chi connectivity index (χ1v) is 9.21. The summed E-state index contributed by atoms with van der Waals surface area (Å²) in [6.45, 7) is 2.13. The molecule has 0 aromatic heterocycles. The molecule has 0 amide bonds. The molecule has 3 aromatic carbocycles. The molecule has 120 valence electrons. The van der Waals surface area contributed by atoms with Crippen LogP contribution in [0.1, 0.15) is 22.8 Å². The van der Waals surface area contributed by atoms with Crippen LogP contribution in [0.4, 0.5) is 0 Å². The van der Waals surface area contributed by atoms with Crippen molar-refractivity contribution in [3.05, 3.63) is 95.6 Å². The maximum Gasteiger partial charge on any atom is 0.136 e. The van der Waals surface area contributed by atoms with E-state index >= 15 is 0 Å². The summed E-state index contributed by atoms with van der Waals surface area (Å²) in [7, 11) is 0. The van der Waals surface area contributed by atoms with E-state index in [0.717, 1.165) is 12.2 Å². The first-order valence-electron chi connectivity index (χ1n) is 8.33. The molecule has 0 bridgehead atoms. The normalized spacial score (nSPS) is 19.4. The fraction of sp³-hybridized carbons (Fsp3) is 0.182. The van der Waals surface area contributed by atoms with E-state index in [-0.39, 0.29) is 6.10 Å². The molecule has 1 nitrogen and oxygen atoms in total. The van der Waals surface area contributed by atoms with E-state index in [1.165, 1.54) is 21.6 Å². The van der Waals surface area contributed by atoms with Crippen LogP contribution in [-0.4, -0.2) is 5.25 Å². The Morgan fingerprint density at radius 3 is 2.29 bits per heavy atom. The second-order valence-corrected chi connectivity index (χ2v) is 7.50. The minimum atomic E-state index is 0.0741. The molecule has 4 rings (SSSR count). The van der Waals surface area contributed by atoms with Gasteiger partial charge < -0.3 is 4.74 Å². The highest BCUT2D eigenvalue weighted by molar-refractivity contribution is 8.00. The molecule has 2 atom stereocenters. The molecular weight excluding hydrogens is 312 g/mol. The van der Waals surface area contributed by atoms with Crippen LogP contribution in [0, 0.1) is 6.92 Å². The molecular formula is C22H20OS. The van der Waals surface area contributed by atoms with E-state index in [2.05, 4.69) is 85.8 Å². The van der Waals surface area contributed by atoms with Crippen molar-refractivity contribution in [1.82, 2.24) is 0 Å². The Kier molecular flexibility index (Phi) is 4.31. The highest BCUT2D eigenvalue weighted by Gasteiger charge is 2.32. The summed E-state index contributed by atoms with van der Waals surface area (Å²) >= 11 is 1.91. The molecule has 3 aromatic rings. The summed E-state index contributed by atoms with van der Waals surface area (Å²) < 4.78 is 6.51. The lowest BCUT2D eigenvalue weighted by atomic mass is 9.95. The molecule has 1 heterocycles. The first kappa shape index (κ1) is 15.3. The van der Waals surface area contributed by atoms with Gasteiger partial charge in [0.2, 0.25) is 0 Å². The number of benzene rings is 3. The summed E-state index contributed by atoms with van der Waals surface area (Å²) in [5.74, 6) is 1.07. The Morgan fingerprint density at radius 2 is 1.54 bits per heavy atom. The van der Waals surface area contributed by atoms with Gasteiger partial charge in [-0.15, -0.1) is 11.8 Å². The molecule has 2 heteroatoms. The fourth-order valence-electron chi connectivity index (χ4n) is 3.27. The van der Waals surface area contributed by atoms with E-state index in [4.69, 9.17) is 4.74 Å². The van der Waals surface area contributed by atoms with Gasteiger partial charge in [-0.1, -0.05) is 66.7 Å². The minimum Gasteiger partial charge on any atom is -0.484 e. The van der Waals surface area contributed by atoms with Crippen LogP contribution in [0.25, 0.3) is 0 Å². The third-order valence-electron chi connectivity index (χ3n) is 4.46. The van der Waals surface area contributed by atoms with Gasteiger partial charge in [0.1, 0.15) is 11.9 Å². The lowest BCUT2D eigenvalue weighted by molar-refractivity contribution is 0.182. The molecule has 0 fully saturated rings. The van der Waals surface area contributed by atoms with Crippen molar-refractivity contribution in [2.24, 2.45) is 0 Å². The molecule has 0 saturated heterocycles. The third-order valence-corrected chi connectivity index (χ3v) is 5.72. The maximum absolute atomic E-state index is 6.51. The Morgan fingerprint density at radius 1 is 0.833 bits per heavy atom. The van der Waals surface area contributed by atoms with E-state index < -0.39 is 0 Å². The van der Waals surface area contributed by atoms with E-state index in [1.807, 2.05) is 11.8 Å². The van der Waals surface area contributed by atoms with E-state index in [1.54, 1.807) is 0 Å². The average molecular weight is 332 g/mol. The van der Waals surface area contributed by atoms with Crippen molar-refractivity contribution < 1.29 is 4.74 Å². The molecule has 0 saturated carbocycles. The quantitative estimate of drug-likeness (QED) is 0.596. The van der Waals surface area contributed by atoms with Crippen LogP contribution in [0.2, 0.25) is 0 Å². The smallest absolute Gasteiger partial charge is 0.136 e. The first-order chi connectivity index (χ1) is 11.8. The molecule has 0 spiro atoms. The summed E-state index contributed by atoms with van der Waals surface area (Å²) in [6.07, 6.45) is 1.10. The number of fused-ring (bicyclic) bond motifs is 1. The molecule has 1 aliphatic rings. The van der Waals surface area contributed by atoms with Gasteiger partial charge in [-0.2, -0.15) is 0 Å². The molecule has 0 N–H and O–H groups in total. The van der Waals surface area contributed by atoms with E-state index in [9.17, 15) is 0 Å². The monoisotopic (exact) mass is 332 g/mol. The number of hydrogen-bond acceptors (Lipinski definition) is 2. The van der Waals surface area contributed by atoms with Crippen LogP contribution in [-0.2, 0) is 6.42 Å². The molecule has 1 aliphatic heterocycles. The maximum atomic E-state index is 6.51. The standard InChI is InChI=1S/C22H20OS/c1-16-9-8-12-18-15-20(24-19-13-6-3-7-14-19)22(23-21(16)18)17-10-4-2-5-11-17/h2-14,20,22H,15H2,1H3/t20-,22+/m1/s1. The molecule has 0 radical (unpaired) electrons. The number of para-hydroxylation sites is 1. The average Bonchev–Trinajstić information content (AvgIpc) is 2.63. The minimum absolute atomic E-state index is 0.0741. The number of rotatable bonds is 3. The van der Waals surface area contributed by atoms with Crippen LogP contribution >= 0.6 is 11.8 Å². The summed E-state index contributed by atoms with van der Waals surface area (Å²) in [4.78, 5) is 1.29. The molecule has 24 heavy (non-hydrogen) atoms. The number of ether oxygens (including phenoxy) is 1. The Balaban J connectivity index is 1.71. The van der Waals surface area contributed by atoms with Gasteiger partial charge in [0, 0.05) is 4.90 Å².